The number of aliphatic hydroxyl groups is 5. The Balaban J connectivity index is 1.51. The van der Waals surface area contributed by atoms with Gasteiger partial charge in [0, 0.05) is 23.6 Å². The smallest absolute Gasteiger partial charge is 0.372 e. The highest BCUT2D eigenvalue weighted by atomic mass is 32.2. The van der Waals surface area contributed by atoms with Crippen LogP contribution in [0.15, 0.2) is 70.7 Å². The van der Waals surface area contributed by atoms with Gasteiger partial charge in [0.05, 0.1) is 24.4 Å². The summed E-state index contributed by atoms with van der Waals surface area (Å²) in [5.41, 5.74) is 0.179. The van der Waals surface area contributed by atoms with Gasteiger partial charge in [0.15, 0.2) is 5.75 Å². The van der Waals surface area contributed by atoms with Crippen LogP contribution in [-0.2, 0) is 14.3 Å². The van der Waals surface area contributed by atoms with E-state index in [-0.39, 0.29) is 5.39 Å². The van der Waals surface area contributed by atoms with Crippen molar-refractivity contribution in [2.45, 2.75) is 59.6 Å². The lowest BCUT2D eigenvalue weighted by atomic mass is 9.88. The summed E-state index contributed by atoms with van der Waals surface area (Å²) in [7, 11) is 0. The van der Waals surface area contributed by atoms with Crippen LogP contribution in [0.2, 0.25) is 0 Å². The SMILES string of the molecule is CC(=O)N[C@H]1[C@H]([C@H](O)[C@H](O)CO)O[C@](O)(C(=O)Oc2c(C(=O)O)cc(Sc3nnnn3-c3ccccc3)c3ccccc23)C[C@@H]1O. The number of rotatable bonds is 10. The number of hydrogen-bond donors (Lipinski definition) is 7. The van der Waals surface area contributed by atoms with Gasteiger partial charge < -0.3 is 45.4 Å². The third kappa shape index (κ3) is 6.56. The highest BCUT2D eigenvalue weighted by Crippen LogP contribution is 2.41. The number of carbonyl (C=O) groups excluding carboxylic acids is 2. The number of carbonyl (C=O) groups is 3. The van der Waals surface area contributed by atoms with Gasteiger partial charge in [-0.3, -0.25) is 4.79 Å². The Labute approximate surface area is 264 Å². The van der Waals surface area contributed by atoms with Gasteiger partial charge in [-0.2, -0.15) is 4.68 Å². The minimum absolute atomic E-state index is 0.153. The van der Waals surface area contributed by atoms with Crippen LogP contribution < -0.4 is 10.1 Å². The molecule has 1 saturated heterocycles. The third-order valence-corrected chi connectivity index (χ3v) is 8.21. The van der Waals surface area contributed by atoms with Gasteiger partial charge in [-0.1, -0.05) is 42.5 Å². The minimum atomic E-state index is -2.99. The number of carboxylic acid groups (broad SMARTS) is 1. The second-order valence-corrected chi connectivity index (χ2v) is 11.4. The molecule has 0 unspecified atom stereocenters. The van der Waals surface area contributed by atoms with Crippen molar-refractivity contribution in [2.75, 3.05) is 6.61 Å². The van der Waals surface area contributed by atoms with E-state index < -0.39 is 78.4 Å². The molecule has 2 heterocycles. The van der Waals surface area contributed by atoms with E-state index in [1.807, 2.05) is 6.07 Å². The Kier molecular flexibility index (Phi) is 9.63. The number of aromatic nitrogens is 4. The van der Waals surface area contributed by atoms with Crippen molar-refractivity contribution in [3.8, 4) is 11.4 Å². The number of hydrogen-bond acceptors (Lipinski definition) is 14. The number of nitrogens with zero attached hydrogens (tertiary/aromatic N) is 4. The molecule has 0 aliphatic carbocycles. The van der Waals surface area contributed by atoms with Gasteiger partial charge in [0.25, 0.3) is 5.79 Å². The molecule has 242 valence electrons. The molecular weight excluding hydrogens is 626 g/mol. The summed E-state index contributed by atoms with van der Waals surface area (Å²) in [6.45, 7) is 0.152. The van der Waals surface area contributed by atoms with Gasteiger partial charge in [-0.05, 0) is 45.8 Å². The molecule has 5 rings (SSSR count). The number of ether oxygens (including phenoxy) is 2. The lowest BCUT2D eigenvalue weighted by molar-refractivity contribution is -0.293. The van der Waals surface area contributed by atoms with E-state index in [0.717, 1.165) is 18.7 Å². The summed E-state index contributed by atoms with van der Waals surface area (Å²) in [4.78, 5) is 38.1. The van der Waals surface area contributed by atoms with Crippen molar-refractivity contribution in [3.05, 3.63) is 66.2 Å². The van der Waals surface area contributed by atoms with E-state index >= 15 is 0 Å². The third-order valence-electron chi connectivity index (χ3n) is 7.22. The average molecular weight is 656 g/mol. The maximum atomic E-state index is 13.5. The van der Waals surface area contributed by atoms with Gasteiger partial charge in [0.2, 0.25) is 11.1 Å². The molecule has 0 bridgehead atoms. The molecule has 6 atom stereocenters. The number of para-hydroxylation sites is 1. The molecule has 7 N–H and O–H groups in total. The second kappa shape index (κ2) is 13.5. The highest BCUT2D eigenvalue weighted by molar-refractivity contribution is 7.99. The molecule has 17 heteroatoms. The van der Waals surface area contributed by atoms with Crippen molar-refractivity contribution in [1.29, 1.82) is 0 Å². The van der Waals surface area contributed by atoms with Crippen LogP contribution in [0.4, 0.5) is 0 Å². The number of tetrazole rings is 1. The molecule has 0 saturated carbocycles. The average Bonchev–Trinajstić information content (AvgIpc) is 3.50. The van der Waals surface area contributed by atoms with Crippen LogP contribution >= 0.6 is 11.8 Å². The van der Waals surface area contributed by atoms with Crippen LogP contribution in [0.25, 0.3) is 16.5 Å². The molecule has 1 aromatic heterocycles. The first-order valence-corrected chi connectivity index (χ1v) is 14.6. The molecule has 16 nitrogen and oxygen atoms in total. The van der Waals surface area contributed by atoms with Crippen molar-refractivity contribution in [2.24, 2.45) is 0 Å². The van der Waals surface area contributed by atoms with Crippen LogP contribution in [-0.4, -0.2) is 112 Å². The molecule has 1 amide bonds. The molecule has 1 aliphatic rings. The molecule has 1 aliphatic heterocycles. The molecule has 3 aromatic carbocycles. The summed E-state index contributed by atoms with van der Waals surface area (Å²) < 4.78 is 12.4. The first-order valence-electron chi connectivity index (χ1n) is 13.8. The van der Waals surface area contributed by atoms with E-state index in [1.165, 1.54) is 16.8 Å². The summed E-state index contributed by atoms with van der Waals surface area (Å²) in [5.74, 6) is -7.14. The number of fused-ring (bicyclic) bond motifs is 1. The number of aromatic carboxylic acids is 1. The maximum absolute atomic E-state index is 13.5. The topological polar surface area (TPSA) is 247 Å². The van der Waals surface area contributed by atoms with E-state index in [4.69, 9.17) is 9.47 Å². The molecule has 0 spiro atoms. The molecule has 4 aromatic rings. The summed E-state index contributed by atoms with van der Waals surface area (Å²) in [6, 6.07) is 15.2. The Hall–Kier alpha value is -4.49. The summed E-state index contributed by atoms with van der Waals surface area (Å²) >= 11 is 1.05. The number of esters is 1. The Morgan fingerprint density at radius 2 is 1.80 bits per heavy atom. The number of carboxylic acids is 1. The van der Waals surface area contributed by atoms with Crippen molar-refractivity contribution in [3.63, 3.8) is 0 Å². The van der Waals surface area contributed by atoms with Gasteiger partial charge >= 0.3 is 11.9 Å². The van der Waals surface area contributed by atoms with Crippen molar-refractivity contribution >= 4 is 40.4 Å². The monoisotopic (exact) mass is 655 g/mol. The van der Waals surface area contributed by atoms with Crippen LogP contribution in [0, 0.1) is 0 Å². The van der Waals surface area contributed by atoms with Crippen LogP contribution in [0.3, 0.4) is 0 Å². The number of amides is 1. The van der Waals surface area contributed by atoms with E-state index in [9.17, 15) is 45.0 Å². The van der Waals surface area contributed by atoms with E-state index in [0.29, 0.717) is 21.1 Å². The lowest BCUT2D eigenvalue weighted by Gasteiger charge is -2.45. The van der Waals surface area contributed by atoms with Gasteiger partial charge in [-0.25, -0.2) is 9.59 Å². The van der Waals surface area contributed by atoms with Crippen LogP contribution in [0.1, 0.15) is 23.7 Å². The molecule has 46 heavy (non-hydrogen) atoms. The Bertz CT molecular complexity index is 1760. The first-order chi connectivity index (χ1) is 21.9. The second-order valence-electron chi connectivity index (χ2n) is 10.4. The fourth-order valence-corrected chi connectivity index (χ4v) is 6.01. The zero-order valence-corrected chi connectivity index (χ0v) is 24.8. The standard InChI is InChI=1S/C29H29N5O11S/c1-14(36)30-22-19(37)12-29(43,45-25(22)23(39)20(38)13-35)27(42)44-24-17-10-6-5-9-16(17)21(11-18(24)26(40)41)46-28-31-32-33-34(28)15-7-3-2-4-8-15/h2-11,19-20,22-23,25,35,37-39,43H,12-13H2,1H3,(H,30,36)(H,40,41)/t19-,20+,22+,23+,25+,29-/m0/s1. The maximum Gasteiger partial charge on any atom is 0.372 e. The quantitative estimate of drug-likeness (QED) is 0.0851. The van der Waals surface area contributed by atoms with Gasteiger partial charge in [0.1, 0.15) is 23.9 Å². The number of nitrogens with one attached hydrogen (secondary N) is 1. The first kappa shape index (κ1) is 32.9. The molecule has 0 radical (unpaired) electrons. The summed E-state index contributed by atoms with van der Waals surface area (Å²) in [6.07, 6.45) is -8.23. The number of aliphatic hydroxyl groups excluding tert-OH is 4. The molecular formula is C29H29N5O11S. The largest absolute Gasteiger partial charge is 0.478 e. The normalized spacial score (nSPS) is 22.6. The molecule has 1 fully saturated rings. The lowest BCUT2D eigenvalue weighted by Crippen LogP contribution is -2.67. The number of benzene rings is 3. The summed E-state index contributed by atoms with van der Waals surface area (Å²) in [5, 5.41) is 77.2. The predicted octanol–water partition coefficient (Wildman–Crippen LogP) is -0.372. The van der Waals surface area contributed by atoms with Gasteiger partial charge in [-0.15, -0.1) is 5.10 Å². The van der Waals surface area contributed by atoms with E-state index in [2.05, 4.69) is 20.8 Å². The fourth-order valence-electron chi connectivity index (χ4n) is 5.04. The fraction of sp³-hybridized carbons (Fsp3) is 0.310. The zero-order valence-electron chi connectivity index (χ0n) is 24.0. The Morgan fingerprint density at radius 3 is 2.46 bits per heavy atom. The van der Waals surface area contributed by atoms with E-state index in [1.54, 1.807) is 42.5 Å². The zero-order chi connectivity index (χ0) is 33.2. The predicted molar refractivity (Wildman–Crippen MR) is 157 cm³/mol. The van der Waals surface area contributed by atoms with Crippen LogP contribution in [0.5, 0.6) is 5.75 Å². The highest BCUT2D eigenvalue weighted by Gasteiger charge is 2.55. The van der Waals surface area contributed by atoms with Crippen molar-refractivity contribution in [1.82, 2.24) is 25.5 Å². The Morgan fingerprint density at radius 1 is 1.13 bits per heavy atom. The van der Waals surface area contributed by atoms with Crippen molar-refractivity contribution < 1.29 is 54.5 Å². The minimum Gasteiger partial charge on any atom is -0.478 e.